The van der Waals surface area contributed by atoms with Gasteiger partial charge in [0.1, 0.15) is 0 Å². The van der Waals surface area contributed by atoms with Gasteiger partial charge in [-0.15, -0.1) is 0 Å². The van der Waals surface area contributed by atoms with Gasteiger partial charge in [-0.25, -0.2) is 0 Å². The van der Waals surface area contributed by atoms with Gasteiger partial charge in [-0.1, -0.05) is 0 Å². The zero-order valence-electron chi connectivity index (χ0n) is 9.88. The predicted octanol–water partition coefficient (Wildman–Crippen LogP) is 2.80. The van der Waals surface area contributed by atoms with Crippen molar-refractivity contribution in [2.75, 3.05) is 6.54 Å². The van der Waals surface area contributed by atoms with E-state index in [0.29, 0.717) is 12.0 Å². The van der Waals surface area contributed by atoms with Gasteiger partial charge in [0.05, 0.1) is 6.07 Å². The Kier molecular flexibility index (Phi) is 3.55. The van der Waals surface area contributed by atoms with E-state index in [4.69, 9.17) is 5.26 Å². The van der Waals surface area contributed by atoms with Crippen LogP contribution in [-0.4, -0.2) is 23.0 Å². The molecule has 0 saturated carbocycles. The highest BCUT2D eigenvalue weighted by Crippen LogP contribution is 2.34. The van der Waals surface area contributed by atoms with E-state index >= 15 is 0 Å². The van der Waals surface area contributed by atoms with Crippen LogP contribution in [0.4, 0.5) is 0 Å². The summed E-state index contributed by atoms with van der Waals surface area (Å²) in [5.74, 6) is 0.616. The van der Waals surface area contributed by atoms with Crippen LogP contribution in [0.3, 0.4) is 0 Å². The molecule has 1 aliphatic heterocycles. The first kappa shape index (κ1) is 11.5. The molecule has 0 aliphatic carbocycles. The number of rotatable bonds is 2. The van der Waals surface area contributed by atoms with Crippen molar-refractivity contribution in [1.82, 2.24) is 4.90 Å². The quantitative estimate of drug-likeness (QED) is 0.676. The maximum Gasteiger partial charge on any atom is 0.0624 e. The Hall–Kier alpha value is -0.550. The Morgan fingerprint density at radius 1 is 1.50 bits per heavy atom. The predicted molar refractivity (Wildman–Crippen MR) is 58.9 cm³/mol. The molecule has 1 rings (SSSR count). The molecule has 2 nitrogen and oxygen atoms in total. The van der Waals surface area contributed by atoms with E-state index in [1.165, 1.54) is 12.8 Å². The largest absolute Gasteiger partial charge is 0.296 e. The molecule has 0 N–H and O–H groups in total. The van der Waals surface area contributed by atoms with Crippen molar-refractivity contribution in [3.05, 3.63) is 0 Å². The highest BCUT2D eigenvalue weighted by Gasteiger charge is 2.35. The summed E-state index contributed by atoms with van der Waals surface area (Å²) in [6, 6.07) is 2.92. The van der Waals surface area contributed by atoms with Crippen molar-refractivity contribution in [3.8, 4) is 6.07 Å². The van der Waals surface area contributed by atoms with Crippen LogP contribution in [0.15, 0.2) is 0 Å². The smallest absolute Gasteiger partial charge is 0.0624 e. The Labute approximate surface area is 87.9 Å². The van der Waals surface area contributed by atoms with Gasteiger partial charge in [0.25, 0.3) is 0 Å². The molecule has 1 heterocycles. The van der Waals surface area contributed by atoms with Gasteiger partial charge >= 0.3 is 0 Å². The molecule has 0 aromatic carbocycles. The minimum atomic E-state index is 0.272. The minimum absolute atomic E-state index is 0.272. The summed E-state index contributed by atoms with van der Waals surface area (Å²) in [5, 5.41) is 8.70. The van der Waals surface area contributed by atoms with Crippen molar-refractivity contribution in [2.45, 2.75) is 58.5 Å². The number of hydrogen-bond acceptors (Lipinski definition) is 2. The molecule has 1 fully saturated rings. The molecule has 14 heavy (non-hydrogen) atoms. The van der Waals surface area contributed by atoms with Crippen LogP contribution in [0, 0.1) is 17.2 Å². The van der Waals surface area contributed by atoms with Crippen LogP contribution >= 0.6 is 0 Å². The summed E-state index contributed by atoms with van der Waals surface area (Å²) in [5.41, 5.74) is 0.272. The Bertz CT molecular complexity index is 225. The van der Waals surface area contributed by atoms with Gasteiger partial charge in [-0.05, 0) is 53.0 Å². The van der Waals surface area contributed by atoms with Crippen molar-refractivity contribution in [1.29, 1.82) is 5.26 Å². The summed E-state index contributed by atoms with van der Waals surface area (Å²) >= 11 is 0. The standard InChI is InChI=1S/C12H22N2/c1-10(2)14-8-6-11(5-7-13)9-12(14,3)4/h10-11H,5-6,8-9H2,1-4H3. The van der Waals surface area contributed by atoms with Gasteiger partial charge < -0.3 is 0 Å². The number of nitrogens with zero attached hydrogens (tertiary/aromatic N) is 2. The Balaban J connectivity index is 2.61. The fourth-order valence-electron chi connectivity index (χ4n) is 2.81. The average Bonchev–Trinajstić information content (AvgIpc) is 2.01. The summed E-state index contributed by atoms with van der Waals surface area (Å²) in [4.78, 5) is 2.56. The molecule has 0 aromatic rings. The van der Waals surface area contributed by atoms with E-state index in [0.717, 1.165) is 13.0 Å². The van der Waals surface area contributed by atoms with Crippen LogP contribution < -0.4 is 0 Å². The molecular formula is C12H22N2. The zero-order chi connectivity index (χ0) is 10.8. The first-order chi connectivity index (χ1) is 6.47. The first-order valence-corrected chi connectivity index (χ1v) is 5.61. The topological polar surface area (TPSA) is 27.0 Å². The molecule has 0 amide bonds. The van der Waals surface area contributed by atoms with E-state index in [9.17, 15) is 0 Å². The van der Waals surface area contributed by atoms with Crippen LogP contribution in [0.5, 0.6) is 0 Å². The lowest BCUT2D eigenvalue weighted by Gasteiger charge is -2.47. The molecular weight excluding hydrogens is 172 g/mol. The van der Waals surface area contributed by atoms with Gasteiger partial charge in [0, 0.05) is 18.0 Å². The second-order valence-corrected chi connectivity index (χ2v) is 5.32. The van der Waals surface area contributed by atoms with E-state index in [1.807, 2.05) is 0 Å². The SMILES string of the molecule is CC(C)N1CCC(CC#N)CC1(C)C. The first-order valence-electron chi connectivity index (χ1n) is 5.61. The second kappa shape index (κ2) is 4.31. The maximum absolute atomic E-state index is 8.70. The van der Waals surface area contributed by atoms with E-state index in [1.54, 1.807) is 0 Å². The van der Waals surface area contributed by atoms with Crippen LogP contribution in [0.1, 0.15) is 47.0 Å². The van der Waals surface area contributed by atoms with Crippen molar-refractivity contribution in [2.24, 2.45) is 5.92 Å². The number of hydrogen-bond donors (Lipinski definition) is 0. The summed E-state index contributed by atoms with van der Waals surface area (Å²) in [6.45, 7) is 10.3. The van der Waals surface area contributed by atoms with E-state index < -0.39 is 0 Å². The van der Waals surface area contributed by atoms with Crippen molar-refractivity contribution in [3.63, 3.8) is 0 Å². The fourth-order valence-corrected chi connectivity index (χ4v) is 2.81. The Morgan fingerprint density at radius 2 is 2.14 bits per heavy atom. The minimum Gasteiger partial charge on any atom is -0.296 e. The average molecular weight is 194 g/mol. The molecule has 0 aromatic heterocycles. The second-order valence-electron chi connectivity index (χ2n) is 5.32. The van der Waals surface area contributed by atoms with Gasteiger partial charge in [0.15, 0.2) is 0 Å². The molecule has 1 saturated heterocycles. The molecule has 1 aliphatic rings. The fraction of sp³-hybridized carbons (Fsp3) is 0.917. The summed E-state index contributed by atoms with van der Waals surface area (Å²) in [7, 11) is 0. The third-order valence-electron chi connectivity index (χ3n) is 3.35. The molecule has 0 radical (unpaired) electrons. The summed E-state index contributed by atoms with van der Waals surface area (Å²) in [6.07, 6.45) is 3.09. The summed E-state index contributed by atoms with van der Waals surface area (Å²) < 4.78 is 0. The molecule has 1 atom stereocenters. The van der Waals surface area contributed by atoms with E-state index in [-0.39, 0.29) is 5.54 Å². The van der Waals surface area contributed by atoms with E-state index in [2.05, 4.69) is 38.7 Å². The van der Waals surface area contributed by atoms with Crippen LogP contribution in [0.25, 0.3) is 0 Å². The van der Waals surface area contributed by atoms with Gasteiger partial charge in [-0.2, -0.15) is 5.26 Å². The lowest BCUT2D eigenvalue weighted by atomic mass is 9.80. The zero-order valence-corrected chi connectivity index (χ0v) is 9.88. The van der Waals surface area contributed by atoms with Crippen LogP contribution in [0.2, 0.25) is 0 Å². The van der Waals surface area contributed by atoms with Crippen LogP contribution in [-0.2, 0) is 0 Å². The molecule has 1 unspecified atom stereocenters. The third-order valence-corrected chi connectivity index (χ3v) is 3.35. The van der Waals surface area contributed by atoms with Gasteiger partial charge in [-0.3, -0.25) is 4.90 Å². The number of likely N-dealkylation sites (tertiary alicyclic amines) is 1. The number of piperidine rings is 1. The molecule has 2 heteroatoms. The normalized spacial score (nSPS) is 27.6. The monoisotopic (exact) mass is 194 g/mol. The number of nitriles is 1. The highest BCUT2D eigenvalue weighted by atomic mass is 15.2. The molecule has 80 valence electrons. The lowest BCUT2D eigenvalue weighted by Crippen LogP contribution is -2.52. The highest BCUT2D eigenvalue weighted by molar-refractivity contribution is 4.93. The van der Waals surface area contributed by atoms with Crippen molar-refractivity contribution < 1.29 is 0 Å². The molecule has 0 spiro atoms. The lowest BCUT2D eigenvalue weighted by molar-refractivity contribution is 0.0219. The Morgan fingerprint density at radius 3 is 2.57 bits per heavy atom. The van der Waals surface area contributed by atoms with Gasteiger partial charge in [0.2, 0.25) is 0 Å². The van der Waals surface area contributed by atoms with Crippen molar-refractivity contribution >= 4 is 0 Å². The third kappa shape index (κ3) is 2.48. The molecule has 0 bridgehead atoms. The maximum atomic E-state index is 8.70.